The van der Waals surface area contributed by atoms with Crippen LogP contribution in [0.2, 0.25) is 0 Å². The molecule has 0 aromatic heterocycles. The maximum atomic E-state index is 7.42. The zero-order valence-corrected chi connectivity index (χ0v) is 14.8. The van der Waals surface area contributed by atoms with Crippen molar-refractivity contribution in [3.8, 4) is 0 Å². The molecule has 2 unspecified atom stereocenters. The van der Waals surface area contributed by atoms with Crippen LogP contribution >= 0.6 is 0 Å². The fourth-order valence-electron chi connectivity index (χ4n) is 1.21. The molecule has 0 aromatic carbocycles. The van der Waals surface area contributed by atoms with Crippen LogP contribution in [-0.4, -0.2) is 6.04 Å². The van der Waals surface area contributed by atoms with E-state index in [0.29, 0.717) is 5.92 Å². The normalized spacial score (nSPS) is 22.9. The monoisotopic (exact) mass is 420 g/mol. The fourth-order valence-corrected chi connectivity index (χ4v) is 1.21. The third kappa shape index (κ3) is 26.3. The molecule has 0 saturated heterocycles. The molecule has 1 fully saturated rings. The first-order valence-corrected chi connectivity index (χ1v) is 6.35. The Balaban J connectivity index is -0.000000189. The van der Waals surface area contributed by atoms with Crippen LogP contribution in [0.15, 0.2) is 0 Å². The van der Waals surface area contributed by atoms with Gasteiger partial charge in [0.2, 0.25) is 0 Å². The number of rotatable bonds is 0. The van der Waals surface area contributed by atoms with Gasteiger partial charge in [0.15, 0.2) is 0 Å². The number of hydrogen-bond donors (Lipinski definition) is 0. The molecule has 0 amide bonds. The van der Waals surface area contributed by atoms with E-state index >= 15 is 0 Å². The second kappa shape index (κ2) is 14.7. The van der Waals surface area contributed by atoms with Crippen LogP contribution in [0.5, 0.6) is 0 Å². The molecule has 106 valence electrons. The molecular weight excluding hydrogens is 389 g/mol. The van der Waals surface area contributed by atoms with E-state index in [1.54, 1.807) is 0 Å². The second-order valence-corrected chi connectivity index (χ2v) is 5.65. The molecule has 1 saturated carbocycles. The van der Waals surface area contributed by atoms with E-state index in [9.17, 15) is 0 Å². The standard InChI is InChI=1S/C7H13N.2C4H9.Pt/c1-6-4-2-3-5-7(6)8;2*1-4(2)3;/h6-8H,1-5H2;2*1-3H3;/q-2;2*-1;+4. The van der Waals surface area contributed by atoms with Gasteiger partial charge in [0.05, 0.1) is 0 Å². The molecule has 1 nitrogen and oxygen atoms in total. The largest absolute Gasteiger partial charge is 4.00 e. The maximum absolute atomic E-state index is 7.42. The topological polar surface area (TPSA) is 23.8 Å². The number of hydrogen-bond acceptors (Lipinski definition) is 0. The summed E-state index contributed by atoms with van der Waals surface area (Å²) in [6.45, 7) is 16.4. The number of nitrogens with one attached hydrogen (secondary N) is 1. The third-order valence-corrected chi connectivity index (χ3v) is 1.91. The van der Waals surface area contributed by atoms with Crippen molar-refractivity contribution in [3.63, 3.8) is 0 Å². The van der Waals surface area contributed by atoms with Crippen LogP contribution in [0.25, 0.3) is 5.73 Å². The molecule has 0 radical (unpaired) electrons. The summed E-state index contributed by atoms with van der Waals surface area (Å²) in [6, 6.07) is 0.142. The van der Waals surface area contributed by atoms with E-state index in [0.717, 1.165) is 6.42 Å². The Morgan fingerprint density at radius 2 is 1.18 bits per heavy atom. The molecule has 17 heavy (non-hydrogen) atoms. The van der Waals surface area contributed by atoms with Gasteiger partial charge in [0.25, 0.3) is 0 Å². The summed E-state index contributed by atoms with van der Waals surface area (Å²) in [7, 11) is 0. The molecular formula is C15H31NPt. The van der Waals surface area contributed by atoms with Crippen LogP contribution in [0.1, 0.15) is 67.2 Å². The second-order valence-electron chi connectivity index (χ2n) is 5.65. The average Bonchev–Trinajstić information content (AvgIpc) is 2.08. The van der Waals surface area contributed by atoms with Crippen molar-refractivity contribution in [2.45, 2.75) is 73.3 Å². The Bertz CT molecular complexity index is 113. The van der Waals surface area contributed by atoms with Gasteiger partial charge in [-0.25, -0.2) is 0 Å². The van der Waals surface area contributed by atoms with E-state index in [2.05, 4.69) is 48.5 Å². The van der Waals surface area contributed by atoms with E-state index in [1.165, 1.54) is 31.1 Å². The van der Waals surface area contributed by atoms with Crippen molar-refractivity contribution < 1.29 is 21.1 Å². The van der Waals surface area contributed by atoms with Gasteiger partial charge in [-0.05, 0) is 0 Å². The zero-order chi connectivity index (χ0) is 13.1. The van der Waals surface area contributed by atoms with Crippen molar-refractivity contribution in [2.75, 3.05) is 0 Å². The van der Waals surface area contributed by atoms with Gasteiger partial charge in [0.1, 0.15) is 0 Å². The first-order chi connectivity index (χ1) is 7.27. The van der Waals surface area contributed by atoms with Gasteiger partial charge in [-0.15, -0.1) is 0 Å². The Labute approximate surface area is 125 Å². The van der Waals surface area contributed by atoms with Crippen molar-refractivity contribution in [2.24, 2.45) is 5.92 Å². The minimum atomic E-state index is 0. The van der Waals surface area contributed by atoms with Gasteiger partial charge >= 0.3 is 21.1 Å². The first-order valence-electron chi connectivity index (χ1n) is 6.35. The van der Waals surface area contributed by atoms with Gasteiger partial charge in [-0.1, -0.05) is 25.7 Å². The molecule has 2 atom stereocenters. The predicted octanol–water partition coefficient (Wildman–Crippen LogP) is 5.67. The van der Waals surface area contributed by atoms with E-state index < -0.39 is 0 Å². The summed E-state index contributed by atoms with van der Waals surface area (Å²) >= 11 is 0. The summed E-state index contributed by atoms with van der Waals surface area (Å²) in [5.41, 5.74) is 7.42. The predicted molar refractivity (Wildman–Crippen MR) is 76.0 cm³/mol. The van der Waals surface area contributed by atoms with Crippen molar-refractivity contribution >= 4 is 0 Å². The Kier molecular flexibility index (Phi) is 19.7. The zero-order valence-electron chi connectivity index (χ0n) is 12.5. The van der Waals surface area contributed by atoms with Crippen molar-refractivity contribution in [1.29, 1.82) is 0 Å². The molecule has 0 spiro atoms. The SMILES string of the molecule is C[C-](C)C.C[C-](C)C.[CH2-]C1CCCCC1[NH-].[Pt+4]. The quantitative estimate of drug-likeness (QED) is 0.451. The molecule has 1 rings (SSSR count). The minimum Gasteiger partial charge on any atom is -0.677 e. The Morgan fingerprint density at radius 1 is 0.882 bits per heavy atom. The van der Waals surface area contributed by atoms with Crippen LogP contribution in [0.4, 0.5) is 0 Å². The fraction of sp³-hybridized carbons (Fsp3) is 0.800. The molecule has 1 aliphatic carbocycles. The van der Waals surface area contributed by atoms with E-state index in [4.69, 9.17) is 5.73 Å². The summed E-state index contributed by atoms with van der Waals surface area (Å²) < 4.78 is 0. The summed E-state index contributed by atoms with van der Waals surface area (Å²) in [4.78, 5) is 0. The van der Waals surface area contributed by atoms with Crippen molar-refractivity contribution in [1.82, 2.24) is 0 Å². The average molecular weight is 420 g/mol. The molecule has 0 aromatic rings. The molecule has 1 N–H and O–H groups in total. The van der Waals surface area contributed by atoms with Crippen LogP contribution in [0, 0.1) is 24.7 Å². The van der Waals surface area contributed by atoms with Crippen LogP contribution < -0.4 is 0 Å². The van der Waals surface area contributed by atoms with Crippen LogP contribution in [-0.2, 0) is 21.1 Å². The van der Waals surface area contributed by atoms with E-state index in [1.807, 2.05) is 0 Å². The summed E-state index contributed by atoms with van der Waals surface area (Å²) in [6.07, 6.45) is 4.80. The Morgan fingerprint density at radius 3 is 1.35 bits per heavy atom. The Hall–Kier alpha value is 0.648. The first kappa shape index (κ1) is 22.8. The summed E-state index contributed by atoms with van der Waals surface area (Å²) in [5.74, 6) is 3.25. The summed E-state index contributed by atoms with van der Waals surface area (Å²) in [5, 5.41) is 0. The van der Waals surface area contributed by atoms with Gasteiger partial charge in [-0.3, -0.25) is 0 Å². The molecule has 2 heteroatoms. The van der Waals surface area contributed by atoms with E-state index in [-0.39, 0.29) is 27.1 Å². The third-order valence-electron chi connectivity index (χ3n) is 1.91. The molecule has 1 aliphatic rings. The van der Waals surface area contributed by atoms with Gasteiger partial charge in [0, 0.05) is 0 Å². The molecule has 0 heterocycles. The molecule has 0 aliphatic heterocycles. The van der Waals surface area contributed by atoms with Gasteiger partial charge in [-0.2, -0.15) is 53.5 Å². The smallest absolute Gasteiger partial charge is 0.677 e. The van der Waals surface area contributed by atoms with Crippen LogP contribution in [0.3, 0.4) is 0 Å². The van der Waals surface area contributed by atoms with Gasteiger partial charge < -0.3 is 24.5 Å². The maximum Gasteiger partial charge on any atom is 4.00 e. The molecule has 0 bridgehead atoms. The van der Waals surface area contributed by atoms with Crippen molar-refractivity contribution in [3.05, 3.63) is 24.5 Å². The minimum absolute atomic E-state index is 0.